The molecule has 364 valence electrons. The van der Waals surface area contributed by atoms with Crippen molar-refractivity contribution in [2.75, 3.05) is 6.54 Å². The van der Waals surface area contributed by atoms with E-state index in [2.05, 4.69) is 36.0 Å². The van der Waals surface area contributed by atoms with E-state index in [0.717, 1.165) is 31.0 Å². The molecule has 0 radical (unpaired) electrons. The number of aryl methyl sites for hydroxylation is 1. The fourth-order valence-electron chi connectivity index (χ4n) is 7.67. The Morgan fingerprint density at radius 3 is 2.24 bits per heavy atom. The van der Waals surface area contributed by atoms with Gasteiger partial charge in [0.15, 0.2) is 5.66 Å². The fourth-order valence-corrected chi connectivity index (χ4v) is 9.00. The second kappa shape index (κ2) is 25.1. The second-order valence-electron chi connectivity index (χ2n) is 17.1. The maximum atomic E-state index is 15.0. The van der Waals surface area contributed by atoms with Gasteiger partial charge in [0.1, 0.15) is 41.6 Å². The molecule has 21 heteroatoms. The van der Waals surface area contributed by atoms with E-state index in [4.69, 9.17) is 4.74 Å². The van der Waals surface area contributed by atoms with Crippen molar-refractivity contribution in [3.8, 4) is 11.5 Å². The summed E-state index contributed by atoms with van der Waals surface area (Å²) in [6, 6.07) is 7.55. The monoisotopic (exact) mass is 954 g/mol. The van der Waals surface area contributed by atoms with Crippen LogP contribution >= 0.6 is 0 Å². The number of benzene rings is 2. The average Bonchev–Trinajstić information content (AvgIpc) is 3.29. The molecule has 5 amide bonds. The average molecular weight is 955 g/mol. The summed E-state index contributed by atoms with van der Waals surface area (Å²) < 4.78 is 64.8. The topological polar surface area (TPSA) is 261 Å². The van der Waals surface area contributed by atoms with Gasteiger partial charge >= 0.3 is 0 Å². The molecule has 2 aromatic carbocycles. The number of aromatic nitrogens is 2. The van der Waals surface area contributed by atoms with Gasteiger partial charge in [-0.1, -0.05) is 90.5 Å². The number of nitrogens with zero attached hydrogens (tertiary/aromatic N) is 2. The number of hydrogen-bond acceptors (Lipinski definition) is 12. The molecular weight excluding hydrogens is 895 g/mol. The quantitative estimate of drug-likeness (QED) is 0.0400. The van der Waals surface area contributed by atoms with Crippen molar-refractivity contribution < 1.29 is 55.5 Å². The van der Waals surface area contributed by atoms with Crippen LogP contribution in [0.2, 0.25) is 0 Å². The molecule has 0 bridgehead atoms. The molecule has 1 saturated carbocycles. The standard InChI is InChI=1S/C46H60F2N8O10S/c1-6-29(4)39(43(61)53-35(23-31-14-8-7-9-15-31)41(59)52-34(25-38(47)48)40(58)44(62)51-21-22-57)54-45(63)46(26-28(2)3,55-42(60)36-27-49-19-20-50-36)56-67(64,65)33-17-12-16-32(24-33)66-37-18-11-10-13-30(37)5/h10-13,16-20,22,24,27-29,31,34-35,38-39,56H,6-9,14-15,21,23,25-26H2,1-5H3,(H,51,62)(H,52,59)(H,53,61)(H,54,63)(H,55,60). The zero-order chi connectivity index (χ0) is 49.3. The first-order valence-electron chi connectivity index (χ1n) is 22.2. The smallest absolute Gasteiger partial charge is 0.289 e. The number of ketones is 1. The number of hydrogen-bond donors (Lipinski definition) is 6. The van der Waals surface area contributed by atoms with Gasteiger partial charge in [-0.2, -0.15) is 4.72 Å². The number of halogens is 2. The molecule has 1 aromatic heterocycles. The predicted molar refractivity (Wildman–Crippen MR) is 241 cm³/mol. The number of nitrogens with one attached hydrogen (secondary N) is 6. The van der Waals surface area contributed by atoms with Gasteiger partial charge in [-0.15, -0.1) is 0 Å². The van der Waals surface area contributed by atoms with Crippen molar-refractivity contribution in [1.82, 2.24) is 41.3 Å². The molecule has 0 saturated heterocycles. The lowest BCUT2D eigenvalue weighted by molar-refractivity contribution is -0.141. The van der Waals surface area contributed by atoms with Crippen molar-refractivity contribution >= 4 is 51.6 Å². The summed E-state index contributed by atoms with van der Waals surface area (Å²) >= 11 is 0. The Morgan fingerprint density at radius 1 is 0.910 bits per heavy atom. The lowest BCUT2D eigenvalue weighted by Crippen LogP contribution is -2.71. The number of amides is 5. The van der Waals surface area contributed by atoms with Crippen LogP contribution < -0.4 is 36.0 Å². The van der Waals surface area contributed by atoms with E-state index in [-0.39, 0.29) is 47.8 Å². The van der Waals surface area contributed by atoms with Crippen molar-refractivity contribution in [3.63, 3.8) is 0 Å². The summed E-state index contributed by atoms with van der Waals surface area (Å²) in [5.74, 6) is -7.67. The molecule has 1 heterocycles. The highest BCUT2D eigenvalue weighted by atomic mass is 32.2. The Morgan fingerprint density at radius 2 is 1.61 bits per heavy atom. The largest absolute Gasteiger partial charge is 0.457 e. The molecule has 5 unspecified atom stereocenters. The highest BCUT2D eigenvalue weighted by Crippen LogP contribution is 2.30. The molecule has 1 aliphatic carbocycles. The third-order valence-electron chi connectivity index (χ3n) is 11.3. The minimum absolute atomic E-state index is 0.00352. The maximum Gasteiger partial charge on any atom is 0.289 e. The Kier molecular flexibility index (Phi) is 20.0. The first-order chi connectivity index (χ1) is 31.8. The highest BCUT2D eigenvalue weighted by molar-refractivity contribution is 7.89. The number of rotatable bonds is 25. The van der Waals surface area contributed by atoms with Crippen LogP contribution in [0.4, 0.5) is 8.78 Å². The number of carbonyl (C=O) groups excluding carboxylic acids is 7. The minimum Gasteiger partial charge on any atom is -0.457 e. The number of sulfonamides is 1. The number of Topliss-reactive ketones (excluding diaryl/α,β-unsaturated/α-hetero) is 1. The predicted octanol–water partition coefficient (Wildman–Crippen LogP) is 4.04. The SMILES string of the molecule is CCC(C)C(NC(=O)C(CC(C)C)(NC(=O)c1cnccn1)NS(=O)(=O)c1cccc(Oc2ccccc2C)c1)C(=O)NC(CC1CCCCC1)C(=O)NC(CC(F)F)C(=O)C(=O)NCC=O. The van der Waals surface area contributed by atoms with Crippen LogP contribution in [0.25, 0.3) is 0 Å². The molecule has 5 atom stereocenters. The molecule has 67 heavy (non-hydrogen) atoms. The molecule has 6 N–H and O–H groups in total. The van der Waals surface area contributed by atoms with E-state index >= 15 is 4.79 Å². The Bertz CT molecular complexity index is 2320. The summed E-state index contributed by atoms with van der Waals surface area (Å²) in [4.78, 5) is 101. The zero-order valence-corrected chi connectivity index (χ0v) is 39.0. The third kappa shape index (κ3) is 15.7. The van der Waals surface area contributed by atoms with E-state index < -0.39 is 100 Å². The van der Waals surface area contributed by atoms with Gasteiger partial charge in [0.2, 0.25) is 34.0 Å². The van der Waals surface area contributed by atoms with Gasteiger partial charge in [0.05, 0.1) is 17.6 Å². The summed E-state index contributed by atoms with van der Waals surface area (Å²) in [7, 11) is -4.75. The number of ether oxygens (including phenoxy) is 1. The normalized spacial score (nSPS) is 15.8. The van der Waals surface area contributed by atoms with Crippen LogP contribution in [0.5, 0.6) is 11.5 Å². The van der Waals surface area contributed by atoms with Crippen molar-refractivity contribution in [2.24, 2.45) is 17.8 Å². The van der Waals surface area contributed by atoms with Crippen LogP contribution in [-0.4, -0.2) is 96.7 Å². The molecule has 3 aromatic rings. The Labute approximate surface area is 389 Å². The first kappa shape index (κ1) is 53.4. The number of alkyl halides is 2. The van der Waals surface area contributed by atoms with Gasteiger partial charge in [-0.3, -0.25) is 33.8 Å². The van der Waals surface area contributed by atoms with Crippen LogP contribution in [0.15, 0.2) is 72.0 Å². The van der Waals surface area contributed by atoms with Gasteiger partial charge in [0, 0.05) is 24.9 Å². The fraction of sp³-hybridized carbons (Fsp3) is 0.500. The van der Waals surface area contributed by atoms with Crippen LogP contribution in [0.3, 0.4) is 0 Å². The van der Waals surface area contributed by atoms with Crippen LogP contribution in [0, 0.1) is 24.7 Å². The van der Waals surface area contributed by atoms with Gasteiger partial charge in [-0.25, -0.2) is 22.2 Å². The van der Waals surface area contributed by atoms with E-state index in [0.29, 0.717) is 18.6 Å². The third-order valence-corrected chi connectivity index (χ3v) is 12.8. The first-order valence-corrected chi connectivity index (χ1v) is 23.7. The van der Waals surface area contributed by atoms with Gasteiger partial charge in [-0.05, 0) is 61.3 Å². The molecule has 1 fully saturated rings. The van der Waals surface area contributed by atoms with E-state index in [1.165, 1.54) is 36.7 Å². The Hall–Kier alpha value is -6.22. The number of para-hydroxylation sites is 1. The van der Waals surface area contributed by atoms with E-state index in [1.807, 2.05) is 24.4 Å². The van der Waals surface area contributed by atoms with Crippen molar-refractivity contribution in [3.05, 3.63) is 78.4 Å². The summed E-state index contributed by atoms with van der Waals surface area (Å²) in [5.41, 5.74) is -2.02. The van der Waals surface area contributed by atoms with Crippen molar-refractivity contribution in [1.29, 1.82) is 0 Å². The zero-order valence-electron chi connectivity index (χ0n) is 38.2. The van der Waals surface area contributed by atoms with Crippen LogP contribution in [-0.2, 0) is 38.8 Å². The lowest BCUT2D eigenvalue weighted by Gasteiger charge is -2.37. The molecule has 0 spiro atoms. The summed E-state index contributed by atoms with van der Waals surface area (Å²) in [6.45, 7) is 7.91. The molecule has 1 aliphatic rings. The lowest BCUT2D eigenvalue weighted by atomic mass is 9.84. The maximum absolute atomic E-state index is 15.0. The van der Waals surface area contributed by atoms with Gasteiger partial charge in [0.25, 0.3) is 17.7 Å². The molecule has 0 aliphatic heterocycles. The molecular formula is C46H60F2N8O10S. The Balaban J connectivity index is 1.74. The van der Waals surface area contributed by atoms with Gasteiger partial charge < -0.3 is 36.1 Å². The molecule has 18 nitrogen and oxygen atoms in total. The number of carbonyl (C=O) groups is 7. The highest BCUT2D eigenvalue weighted by Gasteiger charge is 2.47. The molecule has 4 rings (SSSR count). The summed E-state index contributed by atoms with van der Waals surface area (Å²) in [5, 5.41) is 12.0. The van der Waals surface area contributed by atoms with E-state index in [9.17, 15) is 46.0 Å². The van der Waals surface area contributed by atoms with E-state index in [1.54, 1.807) is 39.8 Å². The number of aldehydes is 1. The summed E-state index contributed by atoms with van der Waals surface area (Å²) in [6.07, 6.45) is 3.33. The van der Waals surface area contributed by atoms with Crippen LogP contribution in [0.1, 0.15) is 102 Å². The second-order valence-corrected chi connectivity index (χ2v) is 18.7. The minimum atomic E-state index is -4.75. The van der Waals surface area contributed by atoms with Crippen molar-refractivity contribution in [2.45, 2.75) is 128 Å².